The Hall–Kier alpha value is -1.39. The molecule has 1 atom stereocenters. The van der Waals surface area contributed by atoms with Gasteiger partial charge in [-0.1, -0.05) is 24.3 Å². The van der Waals surface area contributed by atoms with E-state index >= 15 is 0 Å². The predicted molar refractivity (Wildman–Crippen MR) is 114 cm³/mol. The molecule has 2 fully saturated rings. The molecule has 0 radical (unpaired) electrons. The molecule has 3 aliphatic rings. The molecule has 0 unspecified atom stereocenters. The lowest BCUT2D eigenvalue weighted by molar-refractivity contribution is -0.138. The number of likely N-dealkylation sites (tertiary alicyclic amines) is 2. The molecule has 2 heterocycles. The summed E-state index contributed by atoms with van der Waals surface area (Å²) in [5.41, 5.74) is 3.11. The van der Waals surface area contributed by atoms with Gasteiger partial charge in [-0.2, -0.15) is 0 Å². The molecule has 0 N–H and O–H groups in total. The Morgan fingerprint density at radius 1 is 0.964 bits per heavy atom. The van der Waals surface area contributed by atoms with Crippen LogP contribution < -0.4 is 0 Å². The van der Waals surface area contributed by atoms with Gasteiger partial charge in [0.25, 0.3) is 0 Å². The Bertz CT molecular complexity index is 655. The highest BCUT2D eigenvalue weighted by molar-refractivity contribution is 5.79. The van der Waals surface area contributed by atoms with Gasteiger partial charge in [-0.25, -0.2) is 0 Å². The molecule has 4 nitrogen and oxygen atoms in total. The maximum absolute atomic E-state index is 12.8. The van der Waals surface area contributed by atoms with Crippen LogP contribution in [0.4, 0.5) is 0 Å². The Balaban J connectivity index is 1.29. The highest BCUT2D eigenvalue weighted by Gasteiger charge is 2.35. The minimum absolute atomic E-state index is 0.198. The quantitative estimate of drug-likeness (QED) is 0.799. The first-order valence-electron chi connectivity index (χ1n) is 11.3. The van der Waals surface area contributed by atoms with E-state index in [4.69, 9.17) is 0 Å². The molecule has 28 heavy (non-hydrogen) atoms. The molecular weight excluding hydrogens is 346 g/mol. The number of rotatable bonds is 4. The van der Waals surface area contributed by atoms with Gasteiger partial charge < -0.3 is 4.90 Å². The van der Waals surface area contributed by atoms with E-state index < -0.39 is 0 Å². The lowest BCUT2D eigenvalue weighted by Gasteiger charge is -2.44. The molecule has 1 amide bonds. The van der Waals surface area contributed by atoms with Gasteiger partial charge in [0.1, 0.15) is 0 Å². The minimum atomic E-state index is 0.198. The number of hydrogen-bond acceptors (Lipinski definition) is 3. The third-order valence-electron chi connectivity index (χ3n) is 7.49. The van der Waals surface area contributed by atoms with Crippen LogP contribution in [-0.4, -0.2) is 72.0 Å². The average Bonchev–Trinajstić information content (AvgIpc) is 3.17. The predicted octanol–water partition coefficient (Wildman–Crippen LogP) is 3.20. The molecular formula is C24H37N3O. The zero-order chi connectivity index (χ0) is 19.7. The molecule has 1 aliphatic carbocycles. The topological polar surface area (TPSA) is 26.8 Å². The van der Waals surface area contributed by atoms with Gasteiger partial charge in [-0.05, 0) is 83.1 Å². The third-order valence-corrected chi connectivity index (χ3v) is 7.49. The van der Waals surface area contributed by atoms with Crippen molar-refractivity contribution in [2.45, 2.75) is 70.5 Å². The van der Waals surface area contributed by atoms with E-state index in [0.29, 0.717) is 24.0 Å². The number of carbonyl (C=O) groups is 1. The van der Waals surface area contributed by atoms with Crippen LogP contribution in [0.5, 0.6) is 0 Å². The number of benzene rings is 1. The summed E-state index contributed by atoms with van der Waals surface area (Å²) in [6, 6.07) is 10.6. The second-order valence-electron chi connectivity index (χ2n) is 9.47. The Kier molecular flexibility index (Phi) is 6.07. The number of amides is 1. The van der Waals surface area contributed by atoms with Crippen LogP contribution in [0.1, 0.15) is 50.7 Å². The highest BCUT2D eigenvalue weighted by Crippen LogP contribution is 2.30. The molecule has 0 saturated carbocycles. The summed E-state index contributed by atoms with van der Waals surface area (Å²) in [6.07, 6.45) is 7.19. The number of piperidine rings is 2. The van der Waals surface area contributed by atoms with Gasteiger partial charge in [0.15, 0.2) is 0 Å². The van der Waals surface area contributed by atoms with Gasteiger partial charge in [0, 0.05) is 31.7 Å². The summed E-state index contributed by atoms with van der Waals surface area (Å²) in [7, 11) is 1.96. The fraction of sp³-hybridized carbons (Fsp3) is 0.708. The molecule has 2 aliphatic heterocycles. The minimum Gasteiger partial charge on any atom is -0.343 e. The van der Waals surface area contributed by atoms with Gasteiger partial charge in [-0.15, -0.1) is 0 Å². The fourth-order valence-electron chi connectivity index (χ4n) is 5.49. The summed E-state index contributed by atoms with van der Waals surface area (Å²) < 4.78 is 0. The SMILES string of the molecule is CC(C)N(C)C(=O)[C@H]1CCCN(C2CCN(C3Cc4ccccc4C3)CC2)C1. The van der Waals surface area contributed by atoms with Gasteiger partial charge in [0.05, 0.1) is 5.92 Å². The first kappa shape index (κ1) is 19.9. The standard InChI is InChI=1S/C24H37N3O/c1-18(2)25(3)24(28)21-9-6-12-27(17-21)22-10-13-26(14-11-22)23-15-19-7-4-5-8-20(19)16-23/h4-5,7-8,18,21-23H,6,9-17H2,1-3H3/t21-/m0/s1. The highest BCUT2D eigenvalue weighted by atomic mass is 16.2. The summed E-state index contributed by atoms with van der Waals surface area (Å²) in [4.78, 5) is 20.1. The Morgan fingerprint density at radius 3 is 2.21 bits per heavy atom. The van der Waals surface area contributed by atoms with Gasteiger partial charge in [-0.3, -0.25) is 14.6 Å². The number of carbonyl (C=O) groups excluding carboxylic acids is 1. The number of fused-ring (bicyclic) bond motifs is 1. The lowest BCUT2D eigenvalue weighted by atomic mass is 9.92. The van der Waals surface area contributed by atoms with E-state index in [1.165, 1.54) is 51.7 Å². The molecule has 0 spiro atoms. The summed E-state index contributed by atoms with van der Waals surface area (Å²) in [5.74, 6) is 0.546. The van der Waals surface area contributed by atoms with Crippen molar-refractivity contribution >= 4 is 5.91 Å². The van der Waals surface area contributed by atoms with Gasteiger partial charge >= 0.3 is 0 Å². The van der Waals surface area contributed by atoms with Crippen molar-refractivity contribution in [3.63, 3.8) is 0 Å². The van der Waals surface area contributed by atoms with Crippen molar-refractivity contribution in [3.8, 4) is 0 Å². The largest absolute Gasteiger partial charge is 0.343 e. The van der Waals surface area contributed by atoms with Crippen molar-refractivity contribution in [1.29, 1.82) is 0 Å². The van der Waals surface area contributed by atoms with Crippen molar-refractivity contribution in [2.24, 2.45) is 5.92 Å². The summed E-state index contributed by atoms with van der Waals surface area (Å²) in [5, 5.41) is 0. The van der Waals surface area contributed by atoms with E-state index in [0.717, 1.165) is 13.0 Å². The van der Waals surface area contributed by atoms with Crippen LogP contribution in [0.15, 0.2) is 24.3 Å². The van der Waals surface area contributed by atoms with Gasteiger partial charge in [0.2, 0.25) is 5.91 Å². The molecule has 2 saturated heterocycles. The first-order valence-corrected chi connectivity index (χ1v) is 11.3. The average molecular weight is 384 g/mol. The zero-order valence-corrected chi connectivity index (χ0v) is 17.9. The Labute approximate surface area is 170 Å². The Morgan fingerprint density at radius 2 is 1.61 bits per heavy atom. The van der Waals surface area contributed by atoms with E-state index in [1.54, 1.807) is 11.1 Å². The first-order chi connectivity index (χ1) is 13.5. The van der Waals surface area contributed by atoms with Crippen LogP contribution in [-0.2, 0) is 17.6 Å². The van der Waals surface area contributed by atoms with E-state index in [-0.39, 0.29) is 5.92 Å². The molecule has 4 heteroatoms. The van der Waals surface area contributed by atoms with Crippen molar-refractivity contribution in [3.05, 3.63) is 35.4 Å². The second-order valence-corrected chi connectivity index (χ2v) is 9.47. The number of nitrogens with zero attached hydrogens (tertiary/aromatic N) is 3. The monoisotopic (exact) mass is 383 g/mol. The van der Waals surface area contributed by atoms with E-state index in [1.807, 2.05) is 11.9 Å². The smallest absolute Gasteiger partial charge is 0.226 e. The van der Waals surface area contributed by atoms with Crippen molar-refractivity contribution in [2.75, 3.05) is 33.2 Å². The van der Waals surface area contributed by atoms with Crippen LogP contribution in [0.25, 0.3) is 0 Å². The molecule has 0 aromatic heterocycles. The van der Waals surface area contributed by atoms with E-state index in [2.05, 4.69) is 47.9 Å². The summed E-state index contributed by atoms with van der Waals surface area (Å²) in [6.45, 7) is 8.78. The zero-order valence-electron chi connectivity index (χ0n) is 17.9. The summed E-state index contributed by atoms with van der Waals surface area (Å²) >= 11 is 0. The van der Waals surface area contributed by atoms with Crippen LogP contribution >= 0.6 is 0 Å². The maximum Gasteiger partial charge on any atom is 0.226 e. The van der Waals surface area contributed by atoms with Crippen molar-refractivity contribution in [1.82, 2.24) is 14.7 Å². The van der Waals surface area contributed by atoms with Crippen LogP contribution in [0, 0.1) is 5.92 Å². The normalized spacial score (nSPS) is 25.2. The molecule has 1 aromatic rings. The molecule has 154 valence electrons. The molecule has 1 aromatic carbocycles. The maximum atomic E-state index is 12.8. The van der Waals surface area contributed by atoms with Crippen LogP contribution in [0.2, 0.25) is 0 Å². The molecule has 0 bridgehead atoms. The van der Waals surface area contributed by atoms with Crippen molar-refractivity contribution < 1.29 is 4.79 Å². The van der Waals surface area contributed by atoms with E-state index in [9.17, 15) is 4.79 Å². The lowest BCUT2D eigenvalue weighted by Crippen LogP contribution is -2.52. The molecule has 4 rings (SSSR count). The number of hydrogen-bond donors (Lipinski definition) is 0. The fourth-order valence-corrected chi connectivity index (χ4v) is 5.49. The third kappa shape index (κ3) is 4.13. The second kappa shape index (κ2) is 8.54. The van der Waals surface area contributed by atoms with Crippen LogP contribution in [0.3, 0.4) is 0 Å².